The molecule has 158 valence electrons. The number of amides is 1. The van der Waals surface area contributed by atoms with Gasteiger partial charge in [-0.25, -0.2) is 4.98 Å². The fourth-order valence-electron chi connectivity index (χ4n) is 3.73. The highest BCUT2D eigenvalue weighted by molar-refractivity contribution is 5.95. The number of nitrogens with zero attached hydrogens (tertiary/aromatic N) is 4. The molecule has 4 rings (SSSR count). The summed E-state index contributed by atoms with van der Waals surface area (Å²) in [6, 6.07) is 17.6. The van der Waals surface area contributed by atoms with Gasteiger partial charge in [0.05, 0.1) is 28.5 Å². The minimum absolute atomic E-state index is 0.0950. The number of hydrogen-bond acceptors (Lipinski definition) is 4. The van der Waals surface area contributed by atoms with Crippen molar-refractivity contribution in [3.05, 3.63) is 93.7 Å². The molecule has 0 aliphatic rings. The summed E-state index contributed by atoms with van der Waals surface area (Å²) < 4.78 is 3.47. The maximum Gasteiger partial charge on any atom is 0.272 e. The highest BCUT2D eigenvalue weighted by Crippen LogP contribution is 2.14. The molecule has 0 aliphatic heterocycles. The fourth-order valence-corrected chi connectivity index (χ4v) is 3.73. The molecular formula is C24H25N5O2. The number of aryl methyl sites for hydroxylation is 3. The Morgan fingerprint density at radius 1 is 1.06 bits per heavy atom. The maximum absolute atomic E-state index is 12.8. The Morgan fingerprint density at radius 3 is 2.61 bits per heavy atom. The van der Waals surface area contributed by atoms with E-state index in [9.17, 15) is 9.59 Å². The maximum atomic E-state index is 12.8. The van der Waals surface area contributed by atoms with Crippen molar-refractivity contribution >= 4 is 16.9 Å². The van der Waals surface area contributed by atoms with Crippen LogP contribution in [0.25, 0.3) is 11.0 Å². The molecule has 0 unspecified atom stereocenters. The topological polar surface area (TPSA) is 81.8 Å². The fraction of sp³-hybridized carbons (Fsp3) is 0.250. The van der Waals surface area contributed by atoms with Gasteiger partial charge >= 0.3 is 0 Å². The van der Waals surface area contributed by atoms with Crippen LogP contribution in [0.3, 0.4) is 0 Å². The predicted octanol–water partition coefficient (Wildman–Crippen LogP) is 2.85. The Balaban J connectivity index is 1.42. The van der Waals surface area contributed by atoms with Crippen LogP contribution in [0, 0.1) is 6.92 Å². The van der Waals surface area contributed by atoms with Gasteiger partial charge in [0.1, 0.15) is 5.69 Å². The molecule has 2 aromatic heterocycles. The Hall–Kier alpha value is -3.74. The van der Waals surface area contributed by atoms with Crippen molar-refractivity contribution in [3.8, 4) is 0 Å². The first-order valence-electron chi connectivity index (χ1n) is 10.3. The molecule has 1 N–H and O–H groups in total. The summed E-state index contributed by atoms with van der Waals surface area (Å²) in [7, 11) is 1.85. The zero-order valence-electron chi connectivity index (χ0n) is 17.7. The monoisotopic (exact) mass is 415 g/mol. The van der Waals surface area contributed by atoms with Gasteiger partial charge in [-0.3, -0.25) is 14.3 Å². The highest BCUT2D eigenvalue weighted by Gasteiger charge is 2.16. The van der Waals surface area contributed by atoms with Crippen LogP contribution in [0.5, 0.6) is 0 Å². The predicted molar refractivity (Wildman–Crippen MR) is 120 cm³/mol. The average molecular weight is 415 g/mol. The van der Waals surface area contributed by atoms with Gasteiger partial charge in [-0.05, 0) is 31.0 Å². The summed E-state index contributed by atoms with van der Waals surface area (Å²) in [5.41, 5.74) is 4.56. The molecule has 0 spiro atoms. The van der Waals surface area contributed by atoms with Gasteiger partial charge in [0.25, 0.3) is 11.5 Å². The molecular weight excluding hydrogens is 390 g/mol. The lowest BCUT2D eigenvalue weighted by Gasteiger charge is -2.12. The molecule has 0 atom stereocenters. The Morgan fingerprint density at radius 2 is 1.81 bits per heavy atom. The summed E-state index contributed by atoms with van der Waals surface area (Å²) >= 11 is 0. The van der Waals surface area contributed by atoms with E-state index in [1.165, 1.54) is 0 Å². The van der Waals surface area contributed by atoms with E-state index in [0.717, 1.165) is 22.3 Å². The van der Waals surface area contributed by atoms with E-state index < -0.39 is 0 Å². The molecule has 1 amide bonds. The van der Waals surface area contributed by atoms with Gasteiger partial charge in [-0.1, -0.05) is 42.5 Å². The van der Waals surface area contributed by atoms with Crippen molar-refractivity contribution in [1.82, 2.24) is 24.6 Å². The quantitative estimate of drug-likeness (QED) is 0.471. The lowest BCUT2D eigenvalue weighted by molar-refractivity contribution is 0.0952. The van der Waals surface area contributed by atoms with Gasteiger partial charge in [0.2, 0.25) is 0 Å². The van der Waals surface area contributed by atoms with Crippen molar-refractivity contribution in [2.75, 3.05) is 6.54 Å². The number of hydrogen-bond donors (Lipinski definition) is 1. The molecule has 0 saturated heterocycles. The van der Waals surface area contributed by atoms with Gasteiger partial charge < -0.3 is 9.88 Å². The number of carbonyl (C=O) groups excluding carboxylic acids is 1. The first kappa shape index (κ1) is 20.5. The van der Waals surface area contributed by atoms with E-state index in [1.54, 1.807) is 22.4 Å². The summed E-state index contributed by atoms with van der Waals surface area (Å²) in [4.78, 5) is 29.7. The second kappa shape index (κ2) is 8.95. The van der Waals surface area contributed by atoms with Crippen LogP contribution < -0.4 is 10.9 Å². The lowest BCUT2D eigenvalue weighted by Crippen LogP contribution is -2.29. The summed E-state index contributed by atoms with van der Waals surface area (Å²) in [5.74, 6) is -0.151. The van der Waals surface area contributed by atoms with Gasteiger partial charge in [-0.2, -0.15) is 5.10 Å². The summed E-state index contributed by atoms with van der Waals surface area (Å²) in [6.45, 7) is 2.69. The number of carbonyl (C=O) groups is 1. The van der Waals surface area contributed by atoms with Crippen LogP contribution in [-0.4, -0.2) is 31.8 Å². The molecule has 0 aliphatic carbocycles. The third-order valence-electron chi connectivity index (χ3n) is 5.38. The number of fused-ring (bicyclic) bond motifs is 1. The smallest absolute Gasteiger partial charge is 0.272 e. The summed E-state index contributed by atoms with van der Waals surface area (Å²) in [6.07, 6.45) is 2.88. The molecule has 7 nitrogen and oxygen atoms in total. The summed E-state index contributed by atoms with van der Waals surface area (Å²) in [5, 5.41) is 7.24. The van der Waals surface area contributed by atoms with E-state index in [2.05, 4.69) is 15.4 Å². The lowest BCUT2D eigenvalue weighted by atomic mass is 10.1. The molecule has 4 aromatic rings. The standard InChI is InChI=1S/C24H25N5O2/c1-17-24(31)29(21-12-7-6-11-20(21)27-17)14-8-13-25-23(30)19-16-26-28(2)22(19)15-18-9-4-3-5-10-18/h3-7,9-12,16H,8,13-15H2,1-2H3,(H,25,30). The molecule has 0 fully saturated rings. The zero-order valence-corrected chi connectivity index (χ0v) is 17.7. The average Bonchev–Trinajstić information content (AvgIpc) is 3.14. The van der Waals surface area contributed by atoms with E-state index in [4.69, 9.17) is 0 Å². The van der Waals surface area contributed by atoms with Crippen molar-refractivity contribution < 1.29 is 4.79 Å². The normalized spacial score (nSPS) is 11.0. The molecule has 7 heteroatoms. The highest BCUT2D eigenvalue weighted by atomic mass is 16.1. The molecule has 0 saturated carbocycles. The minimum Gasteiger partial charge on any atom is -0.352 e. The van der Waals surface area contributed by atoms with Crippen molar-refractivity contribution in [1.29, 1.82) is 0 Å². The third-order valence-corrected chi connectivity index (χ3v) is 5.38. The van der Waals surface area contributed by atoms with Crippen molar-refractivity contribution in [2.45, 2.75) is 26.3 Å². The Kier molecular flexibility index (Phi) is 5.93. The first-order valence-corrected chi connectivity index (χ1v) is 10.3. The van der Waals surface area contributed by atoms with Crippen LogP contribution >= 0.6 is 0 Å². The first-order chi connectivity index (χ1) is 15.0. The number of rotatable bonds is 7. The molecule has 2 heterocycles. The second-order valence-corrected chi connectivity index (χ2v) is 7.54. The van der Waals surface area contributed by atoms with Gasteiger partial charge in [0.15, 0.2) is 0 Å². The number of nitrogens with one attached hydrogen (secondary N) is 1. The molecule has 31 heavy (non-hydrogen) atoms. The van der Waals surface area contributed by atoms with Crippen molar-refractivity contribution in [3.63, 3.8) is 0 Å². The largest absolute Gasteiger partial charge is 0.352 e. The number of aromatic nitrogens is 4. The van der Waals surface area contributed by atoms with Crippen LogP contribution in [0.15, 0.2) is 65.6 Å². The minimum atomic E-state index is -0.151. The van der Waals surface area contributed by atoms with Gasteiger partial charge in [0, 0.05) is 26.6 Å². The van der Waals surface area contributed by atoms with Crippen LogP contribution in [0.1, 0.15) is 33.7 Å². The number of para-hydroxylation sites is 2. The van der Waals surface area contributed by atoms with Crippen LogP contribution in [0.2, 0.25) is 0 Å². The van der Waals surface area contributed by atoms with E-state index in [-0.39, 0.29) is 11.5 Å². The van der Waals surface area contributed by atoms with Crippen LogP contribution in [0.4, 0.5) is 0 Å². The van der Waals surface area contributed by atoms with Crippen molar-refractivity contribution in [2.24, 2.45) is 7.05 Å². The Labute approximate surface area is 180 Å². The van der Waals surface area contributed by atoms with Crippen LogP contribution in [-0.2, 0) is 20.0 Å². The SMILES string of the molecule is Cc1nc2ccccc2n(CCCNC(=O)c2cnn(C)c2Cc2ccccc2)c1=O. The third kappa shape index (κ3) is 4.40. The van der Waals surface area contributed by atoms with E-state index in [0.29, 0.717) is 37.2 Å². The molecule has 2 aromatic carbocycles. The van der Waals surface area contributed by atoms with E-state index in [1.807, 2.05) is 61.6 Å². The molecule has 0 radical (unpaired) electrons. The number of benzene rings is 2. The van der Waals surface area contributed by atoms with Gasteiger partial charge in [-0.15, -0.1) is 0 Å². The second-order valence-electron chi connectivity index (χ2n) is 7.54. The Bertz CT molecular complexity index is 1270. The molecule has 0 bridgehead atoms. The zero-order chi connectivity index (χ0) is 21.8. The van der Waals surface area contributed by atoms with E-state index >= 15 is 0 Å².